The fourth-order valence-electron chi connectivity index (χ4n) is 1.70. The van der Waals surface area contributed by atoms with Gasteiger partial charge in [-0.1, -0.05) is 81.1 Å². The van der Waals surface area contributed by atoms with Crippen molar-refractivity contribution in [2.24, 2.45) is 5.92 Å². The zero-order valence-corrected chi connectivity index (χ0v) is 11.6. The lowest BCUT2D eigenvalue weighted by atomic mass is 10.0. The molecular formula is C13H27Br. The summed E-state index contributed by atoms with van der Waals surface area (Å²) in [5, 5.41) is 1.17. The standard InChI is InChI=1S/C13H27Br/c1-3-4-5-6-7-8-9-10-11-13(2)12-14/h13H,3-12H2,1-2H3. The van der Waals surface area contributed by atoms with Crippen molar-refractivity contribution < 1.29 is 0 Å². The molecule has 0 bridgehead atoms. The summed E-state index contributed by atoms with van der Waals surface area (Å²) in [4.78, 5) is 0. The van der Waals surface area contributed by atoms with Gasteiger partial charge in [-0.25, -0.2) is 0 Å². The molecule has 86 valence electrons. The summed E-state index contributed by atoms with van der Waals surface area (Å²) in [5.41, 5.74) is 0. The number of rotatable bonds is 10. The van der Waals surface area contributed by atoms with Crippen LogP contribution >= 0.6 is 15.9 Å². The predicted molar refractivity (Wildman–Crippen MR) is 70.2 cm³/mol. The van der Waals surface area contributed by atoms with Gasteiger partial charge in [-0.2, -0.15) is 0 Å². The number of alkyl halides is 1. The molecule has 1 atom stereocenters. The van der Waals surface area contributed by atoms with Crippen LogP contribution in [0.2, 0.25) is 0 Å². The Hall–Kier alpha value is 0.480. The maximum absolute atomic E-state index is 3.53. The predicted octanol–water partition coefficient (Wildman–Crippen LogP) is 5.55. The van der Waals surface area contributed by atoms with E-state index in [1.165, 1.54) is 63.1 Å². The molecule has 0 fully saturated rings. The molecule has 0 aliphatic heterocycles. The minimum Gasteiger partial charge on any atom is -0.0925 e. The Bertz CT molecular complexity index is 101. The van der Waals surface area contributed by atoms with Crippen molar-refractivity contribution in [3.05, 3.63) is 0 Å². The molecule has 1 unspecified atom stereocenters. The van der Waals surface area contributed by atoms with E-state index < -0.39 is 0 Å². The lowest BCUT2D eigenvalue weighted by Gasteiger charge is -2.06. The van der Waals surface area contributed by atoms with E-state index in [1.807, 2.05) is 0 Å². The Morgan fingerprint density at radius 3 is 1.86 bits per heavy atom. The van der Waals surface area contributed by atoms with Crippen molar-refractivity contribution in [2.45, 2.75) is 71.6 Å². The first-order valence-corrected chi connectivity index (χ1v) is 7.49. The van der Waals surface area contributed by atoms with Gasteiger partial charge in [-0.15, -0.1) is 0 Å². The van der Waals surface area contributed by atoms with Gasteiger partial charge < -0.3 is 0 Å². The second-order valence-corrected chi connectivity index (χ2v) is 5.17. The highest BCUT2D eigenvalue weighted by molar-refractivity contribution is 9.09. The number of halogens is 1. The molecule has 0 aromatic rings. The van der Waals surface area contributed by atoms with Crippen LogP contribution in [0.5, 0.6) is 0 Å². The SMILES string of the molecule is CCCCCCCCCCC(C)CBr. The molecule has 0 N–H and O–H groups in total. The van der Waals surface area contributed by atoms with Crippen molar-refractivity contribution in [2.75, 3.05) is 5.33 Å². The van der Waals surface area contributed by atoms with Crippen LogP contribution in [0.4, 0.5) is 0 Å². The minimum absolute atomic E-state index is 0.870. The molecule has 0 heterocycles. The molecular weight excluding hydrogens is 236 g/mol. The van der Waals surface area contributed by atoms with Crippen molar-refractivity contribution in [3.63, 3.8) is 0 Å². The zero-order valence-electron chi connectivity index (χ0n) is 10.0. The highest BCUT2D eigenvalue weighted by atomic mass is 79.9. The van der Waals surface area contributed by atoms with Crippen LogP contribution in [0.25, 0.3) is 0 Å². The van der Waals surface area contributed by atoms with Gasteiger partial charge in [0.15, 0.2) is 0 Å². The van der Waals surface area contributed by atoms with E-state index in [0.717, 1.165) is 5.92 Å². The third-order valence-corrected chi connectivity index (χ3v) is 3.92. The average Bonchev–Trinajstić information content (AvgIpc) is 2.21. The van der Waals surface area contributed by atoms with Gasteiger partial charge >= 0.3 is 0 Å². The third-order valence-electron chi connectivity index (χ3n) is 2.81. The summed E-state index contributed by atoms with van der Waals surface area (Å²) in [6.45, 7) is 4.61. The molecule has 0 aromatic carbocycles. The quantitative estimate of drug-likeness (QED) is 0.358. The molecule has 0 aliphatic rings. The normalized spacial score (nSPS) is 13.1. The van der Waals surface area contributed by atoms with Gasteiger partial charge in [-0.3, -0.25) is 0 Å². The van der Waals surface area contributed by atoms with Gasteiger partial charge in [0.25, 0.3) is 0 Å². The smallest absolute Gasteiger partial charge is 0.00570 e. The first-order valence-electron chi connectivity index (χ1n) is 6.37. The van der Waals surface area contributed by atoms with Gasteiger partial charge in [-0.05, 0) is 12.3 Å². The van der Waals surface area contributed by atoms with Crippen LogP contribution in [0, 0.1) is 5.92 Å². The van der Waals surface area contributed by atoms with Crippen LogP contribution < -0.4 is 0 Å². The number of hydrogen-bond acceptors (Lipinski definition) is 0. The van der Waals surface area contributed by atoms with Crippen LogP contribution in [0.1, 0.15) is 71.6 Å². The Morgan fingerprint density at radius 1 is 0.857 bits per heavy atom. The average molecular weight is 263 g/mol. The van der Waals surface area contributed by atoms with Crippen molar-refractivity contribution in [3.8, 4) is 0 Å². The van der Waals surface area contributed by atoms with E-state index in [1.54, 1.807) is 0 Å². The summed E-state index contributed by atoms with van der Waals surface area (Å²) in [7, 11) is 0. The number of hydrogen-bond donors (Lipinski definition) is 0. The Balaban J connectivity index is 2.92. The Kier molecular flexibility index (Phi) is 12.0. The maximum Gasteiger partial charge on any atom is 0.00570 e. The highest BCUT2D eigenvalue weighted by Gasteiger charge is 1.98. The van der Waals surface area contributed by atoms with Crippen molar-refractivity contribution in [1.82, 2.24) is 0 Å². The molecule has 0 aliphatic carbocycles. The van der Waals surface area contributed by atoms with Gasteiger partial charge in [0.1, 0.15) is 0 Å². The van der Waals surface area contributed by atoms with Gasteiger partial charge in [0.2, 0.25) is 0 Å². The zero-order chi connectivity index (χ0) is 10.6. The second-order valence-electron chi connectivity index (χ2n) is 4.52. The Labute approximate surface area is 99.0 Å². The highest BCUT2D eigenvalue weighted by Crippen LogP contribution is 2.14. The third kappa shape index (κ3) is 10.6. The summed E-state index contributed by atoms with van der Waals surface area (Å²) in [5.74, 6) is 0.870. The number of unbranched alkanes of at least 4 members (excludes halogenated alkanes) is 7. The fourth-order valence-corrected chi connectivity index (χ4v) is 2.03. The molecule has 0 spiro atoms. The van der Waals surface area contributed by atoms with E-state index in [-0.39, 0.29) is 0 Å². The van der Waals surface area contributed by atoms with Crippen LogP contribution in [0.15, 0.2) is 0 Å². The molecule has 0 radical (unpaired) electrons. The van der Waals surface area contributed by atoms with Gasteiger partial charge in [0, 0.05) is 5.33 Å². The lowest BCUT2D eigenvalue weighted by molar-refractivity contribution is 0.514. The molecule has 0 saturated carbocycles. The first kappa shape index (κ1) is 14.5. The molecule has 0 saturated heterocycles. The minimum atomic E-state index is 0.870. The van der Waals surface area contributed by atoms with E-state index in [9.17, 15) is 0 Å². The van der Waals surface area contributed by atoms with Crippen molar-refractivity contribution >= 4 is 15.9 Å². The summed E-state index contributed by atoms with van der Waals surface area (Å²) < 4.78 is 0. The molecule has 1 heteroatoms. The molecule has 0 amide bonds. The lowest BCUT2D eigenvalue weighted by Crippen LogP contribution is -1.94. The first-order chi connectivity index (χ1) is 6.81. The van der Waals surface area contributed by atoms with Crippen molar-refractivity contribution in [1.29, 1.82) is 0 Å². The van der Waals surface area contributed by atoms with Crippen LogP contribution in [0.3, 0.4) is 0 Å². The monoisotopic (exact) mass is 262 g/mol. The van der Waals surface area contributed by atoms with Crippen LogP contribution in [-0.2, 0) is 0 Å². The van der Waals surface area contributed by atoms with Gasteiger partial charge in [0.05, 0.1) is 0 Å². The van der Waals surface area contributed by atoms with E-state index >= 15 is 0 Å². The fraction of sp³-hybridized carbons (Fsp3) is 1.00. The van der Waals surface area contributed by atoms with E-state index in [4.69, 9.17) is 0 Å². The second kappa shape index (κ2) is 11.6. The maximum atomic E-state index is 3.53. The molecule has 0 aromatic heterocycles. The molecule has 0 rings (SSSR count). The van der Waals surface area contributed by atoms with E-state index in [0.29, 0.717) is 0 Å². The molecule has 0 nitrogen and oxygen atoms in total. The van der Waals surface area contributed by atoms with E-state index in [2.05, 4.69) is 29.8 Å². The topological polar surface area (TPSA) is 0 Å². The summed E-state index contributed by atoms with van der Waals surface area (Å²) >= 11 is 3.53. The summed E-state index contributed by atoms with van der Waals surface area (Å²) in [6.07, 6.45) is 12.9. The van der Waals surface area contributed by atoms with Crippen LogP contribution in [-0.4, -0.2) is 5.33 Å². The Morgan fingerprint density at radius 2 is 1.36 bits per heavy atom. The molecule has 14 heavy (non-hydrogen) atoms. The largest absolute Gasteiger partial charge is 0.0925 e. The summed E-state index contributed by atoms with van der Waals surface area (Å²) in [6, 6.07) is 0.